The Morgan fingerprint density at radius 2 is 1.59 bits per heavy atom. The number of hydrogen-bond donors (Lipinski definition) is 1. The highest BCUT2D eigenvalue weighted by Gasteiger charge is 2.20. The van der Waals surface area contributed by atoms with Crippen LogP contribution in [0.25, 0.3) is 0 Å². The average Bonchev–Trinajstić information content (AvgIpc) is 2.93. The van der Waals surface area contributed by atoms with Crippen molar-refractivity contribution >= 4 is 17.5 Å². The number of carbonyl (C=O) groups excluding carboxylic acids is 2. The van der Waals surface area contributed by atoms with Crippen LogP contribution in [-0.2, 0) is 17.8 Å². The van der Waals surface area contributed by atoms with Gasteiger partial charge < -0.3 is 15.0 Å². The van der Waals surface area contributed by atoms with E-state index in [1.165, 1.54) is 12.1 Å². The summed E-state index contributed by atoms with van der Waals surface area (Å²) < 4.78 is 18.8. The average molecular weight is 497 g/mol. The van der Waals surface area contributed by atoms with E-state index >= 15 is 0 Å². The molecule has 0 aliphatic heterocycles. The first kappa shape index (κ1) is 25.6. The smallest absolute Gasteiger partial charge is 0.258 e. The molecule has 4 aromatic rings. The Balaban J connectivity index is 1.57. The van der Waals surface area contributed by atoms with Crippen LogP contribution >= 0.6 is 0 Å². The second-order valence-corrected chi connectivity index (χ2v) is 8.80. The molecule has 1 atom stereocenters. The van der Waals surface area contributed by atoms with Crippen LogP contribution in [0.2, 0.25) is 0 Å². The maximum absolute atomic E-state index is 13.6. The van der Waals surface area contributed by atoms with Crippen LogP contribution in [-0.4, -0.2) is 18.9 Å². The van der Waals surface area contributed by atoms with Crippen molar-refractivity contribution in [3.05, 3.63) is 131 Å². The molecule has 0 aliphatic carbocycles. The summed E-state index contributed by atoms with van der Waals surface area (Å²) in [6.45, 7) is 2.18. The van der Waals surface area contributed by atoms with Crippen LogP contribution in [0.5, 0.6) is 5.75 Å². The fourth-order valence-electron chi connectivity index (χ4n) is 4.10. The molecule has 0 radical (unpaired) electrons. The molecule has 0 saturated heterocycles. The van der Waals surface area contributed by atoms with Crippen LogP contribution in [0.15, 0.2) is 103 Å². The molecule has 0 aliphatic rings. The predicted molar refractivity (Wildman–Crippen MR) is 143 cm³/mol. The molecule has 4 aromatic carbocycles. The van der Waals surface area contributed by atoms with Crippen molar-refractivity contribution in [3.8, 4) is 5.75 Å². The number of methoxy groups -OCH3 is 1. The van der Waals surface area contributed by atoms with Crippen LogP contribution in [0.3, 0.4) is 0 Å². The fourth-order valence-corrected chi connectivity index (χ4v) is 4.10. The minimum absolute atomic E-state index is 0.113. The molecule has 0 aromatic heterocycles. The summed E-state index contributed by atoms with van der Waals surface area (Å²) in [7, 11) is 1.55. The minimum atomic E-state index is -0.341. The summed E-state index contributed by atoms with van der Waals surface area (Å²) in [5.41, 5.74) is 3.68. The van der Waals surface area contributed by atoms with Gasteiger partial charge in [-0.05, 0) is 66.1 Å². The van der Waals surface area contributed by atoms with Crippen LogP contribution in [0, 0.1) is 5.82 Å². The first-order chi connectivity index (χ1) is 17.9. The van der Waals surface area contributed by atoms with Crippen molar-refractivity contribution < 1.29 is 18.7 Å². The Kier molecular flexibility index (Phi) is 8.31. The van der Waals surface area contributed by atoms with Crippen LogP contribution in [0.1, 0.15) is 40.0 Å². The normalized spacial score (nSPS) is 11.4. The van der Waals surface area contributed by atoms with Crippen molar-refractivity contribution in [2.45, 2.75) is 25.9 Å². The number of anilines is 1. The van der Waals surface area contributed by atoms with Gasteiger partial charge in [0, 0.05) is 11.3 Å². The van der Waals surface area contributed by atoms with Gasteiger partial charge in [-0.2, -0.15) is 0 Å². The number of carbonyl (C=O) groups is 2. The first-order valence-electron chi connectivity index (χ1n) is 12.1. The topological polar surface area (TPSA) is 58.6 Å². The van der Waals surface area contributed by atoms with Crippen molar-refractivity contribution in [2.75, 3.05) is 12.0 Å². The molecule has 0 fully saturated rings. The molecule has 1 N–H and O–H groups in total. The van der Waals surface area contributed by atoms with Crippen LogP contribution < -0.4 is 15.0 Å². The predicted octanol–water partition coefficient (Wildman–Crippen LogP) is 6.10. The number of amides is 2. The van der Waals surface area contributed by atoms with Crippen molar-refractivity contribution in [3.63, 3.8) is 0 Å². The van der Waals surface area contributed by atoms with Gasteiger partial charge in [-0.1, -0.05) is 60.7 Å². The summed E-state index contributed by atoms with van der Waals surface area (Å²) >= 11 is 0. The zero-order valence-electron chi connectivity index (χ0n) is 20.9. The number of rotatable bonds is 9. The second-order valence-electron chi connectivity index (χ2n) is 8.80. The number of benzene rings is 4. The molecule has 4 rings (SSSR count). The molecule has 5 nitrogen and oxygen atoms in total. The SMILES string of the molecule is COc1cccc(C(=O)N(Cc2ccc(F)cc2)c2cccc(CC(=O)NC(C)c3ccccc3)c2)c1. The maximum atomic E-state index is 13.6. The standard InChI is InChI=1S/C31H29FN2O3/c1-22(25-9-4-3-5-10-25)33-30(35)19-24-8-6-12-28(18-24)34(21-23-14-16-27(32)17-15-23)31(36)26-11-7-13-29(20-26)37-2/h3-18,20,22H,19,21H2,1-2H3,(H,33,35). The number of halogens is 1. The lowest BCUT2D eigenvalue weighted by Gasteiger charge is -2.24. The van der Waals surface area contributed by atoms with E-state index in [0.29, 0.717) is 17.0 Å². The zero-order chi connectivity index (χ0) is 26.2. The minimum Gasteiger partial charge on any atom is -0.497 e. The van der Waals surface area contributed by atoms with Gasteiger partial charge >= 0.3 is 0 Å². The molecule has 188 valence electrons. The Bertz CT molecular complexity index is 1360. The van der Waals surface area contributed by atoms with E-state index in [9.17, 15) is 14.0 Å². The summed E-state index contributed by atoms with van der Waals surface area (Å²) in [6.07, 6.45) is 0.169. The van der Waals surface area contributed by atoms with E-state index in [4.69, 9.17) is 4.74 Å². The highest BCUT2D eigenvalue weighted by atomic mass is 19.1. The van der Waals surface area contributed by atoms with E-state index in [-0.39, 0.29) is 36.6 Å². The zero-order valence-corrected chi connectivity index (χ0v) is 20.9. The first-order valence-corrected chi connectivity index (χ1v) is 12.1. The van der Waals surface area contributed by atoms with Crippen molar-refractivity contribution in [2.24, 2.45) is 0 Å². The Morgan fingerprint density at radius 3 is 2.32 bits per heavy atom. The summed E-state index contributed by atoms with van der Waals surface area (Å²) in [5, 5.41) is 3.03. The van der Waals surface area contributed by atoms with E-state index in [1.807, 2.05) is 61.5 Å². The molecule has 0 spiro atoms. The summed E-state index contributed by atoms with van der Waals surface area (Å²) in [6, 6.07) is 30.0. The second kappa shape index (κ2) is 12.0. The van der Waals surface area contributed by atoms with Crippen molar-refractivity contribution in [1.82, 2.24) is 5.32 Å². The van der Waals surface area contributed by atoms with Gasteiger partial charge in [-0.25, -0.2) is 4.39 Å². The van der Waals surface area contributed by atoms with E-state index in [0.717, 1.165) is 16.7 Å². The molecule has 37 heavy (non-hydrogen) atoms. The van der Waals surface area contributed by atoms with E-state index in [2.05, 4.69) is 5.32 Å². The van der Waals surface area contributed by atoms with Gasteiger partial charge in [0.15, 0.2) is 0 Å². The van der Waals surface area contributed by atoms with E-state index in [1.54, 1.807) is 48.4 Å². The molecular weight excluding hydrogens is 467 g/mol. The number of hydrogen-bond acceptors (Lipinski definition) is 3. The molecule has 0 heterocycles. The number of ether oxygens (including phenoxy) is 1. The monoisotopic (exact) mass is 496 g/mol. The largest absolute Gasteiger partial charge is 0.497 e. The molecule has 6 heteroatoms. The molecule has 0 bridgehead atoms. The molecule has 0 saturated carbocycles. The van der Waals surface area contributed by atoms with Gasteiger partial charge in [-0.15, -0.1) is 0 Å². The highest BCUT2D eigenvalue weighted by molar-refractivity contribution is 6.06. The Hall–Kier alpha value is -4.45. The Morgan fingerprint density at radius 1 is 0.865 bits per heavy atom. The molecule has 1 unspecified atom stereocenters. The van der Waals surface area contributed by atoms with Gasteiger partial charge in [-0.3, -0.25) is 9.59 Å². The third kappa shape index (κ3) is 6.82. The quantitative estimate of drug-likeness (QED) is 0.305. The Labute approximate surface area is 216 Å². The highest BCUT2D eigenvalue weighted by Crippen LogP contribution is 2.24. The van der Waals surface area contributed by atoms with Crippen LogP contribution in [0.4, 0.5) is 10.1 Å². The number of nitrogens with one attached hydrogen (secondary N) is 1. The lowest BCUT2D eigenvalue weighted by Crippen LogP contribution is -2.31. The number of nitrogens with zero attached hydrogens (tertiary/aromatic N) is 1. The lowest BCUT2D eigenvalue weighted by molar-refractivity contribution is -0.121. The van der Waals surface area contributed by atoms with Gasteiger partial charge in [0.1, 0.15) is 11.6 Å². The summed E-state index contributed by atoms with van der Waals surface area (Å²) in [4.78, 5) is 28.0. The van der Waals surface area contributed by atoms with Gasteiger partial charge in [0.2, 0.25) is 5.91 Å². The molecule has 2 amide bonds. The lowest BCUT2D eigenvalue weighted by atomic mass is 10.1. The maximum Gasteiger partial charge on any atom is 0.258 e. The fraction of sp³-hybridized carbons (Fsp3) is 0.161. The third-order valence-corrected chi connectivity index (χ3v) is 6.08. The van der Waals surface area contributed by atoms with Crippen molar-refractivity contribution in [1.29, 1.82) is 0 Å². The van der Waals surface area contributed by atoms with Gasteiger partial charge in [0.05, 0.1) is 26.1 Å². The molecular formula is C31H29FN2O3. The van der Waals surface area contributed by atoms with Gasteiger partial charge in [0.25, 0.3) is 5.91 Å². The third-order valence-electron chi connectivity index (χ3n) is 6.08. The summed E-state index contributed by atoms with van der Waals surface area (Å²) in [5.74, 6) is -0.113. The van der Waals surface area contributed by atoms with E-state index < -0.39 is 0 Å².